The van der Waals surface area contributed by atoms with Crippen molar-refractivity contribution in [2.75, 3.05) is 0 Å². The van der Waals surface area contributed by atoms with Gasteiger partial charge in [-0.05, 0) is 73.9 Å². The second kappa shape index (κ2) is 7.51. The first-order valence-corrected chi connectivity index (χ1v) is 10.5. The van der Waals surface area contributed by atoms with Crippen molar-refractivity contribution in [3.63, 3.8) is 0 Å². The summed E-state index contributed by atoms with van der Waals surface area (Å²) in [4.78, 5) is 20.8. The molecule has 3 unspecified atom stereocenters. The first-order valence-electron chi connectivity index (χ1n) is 10.1. The summed E-state index contributed by atoms with van der Waals surface area (Å²) in [5, 5.41) is 4.46. The van der Waals surface area contributed by atoms with Gasteiger partial charge in [0.05, 0.1) is 10.9 Å². The van der Waals surface area contributed by atoms with Crippen LogP contribution in [0.3, 0.4) is 0 Å². The predicted octanol–water partition coefficient (Wildman–Crippen LogP) is 4.64. The van der Waals surface area contributed by atoms with Crippen LogP contribution in [-0.2, 0) is 0 Å². The number of hydrogen-bond donors (Lipinski definition) is 1. The number of fused-ring (bicyclic) bond motifs is 2. The highest BCUT2D eigenvalue weighted by Gasteiger charge is 2.58. The van der Waals surface area contributed by atoms with Crippen LogP contribution in [0.25, 0.3) is 10.9 Å². The van der Waals surface area contributed by atoms with Gasteiger partial charge in [-0.15, -0.1) is 0 Å². The van der Waals surface area contributed by atoms with Crippen molar-refractivity contribution in [2.24, 2.45) is 17.8 Å². The summed E-state index contributed by atoms with van der Waals surface area (Å²) in [5.41, 5.74) is 1.16. The minimum atomic E-state index is -0.327. The number of amides is 1. The molecule has 0 radical (unpaired) electrons. The van der Waals surface area contributed by atoms with Crippen molar-refractivity contribution >= 4 is 28.4 Å². The lowest BCUT2D eigenvalue weighted by Crippen LogP contribution is -2.36. The summed E-state index contributed by atoms with van der Waals surface area (Å²) < 4.78 is 19.6. The predicted molar refractivity (Wildman–Crippen MR) is 112 cm³/mol. The molecule has 2 saturated carbocycles. The summed E-state index contributed by atoms with van der Waals surface area (Å²) >= 11 is 5.89. The zero-order valence-corrected chi connectivity index (χ0v) is 17.1. The third-order valence-electron chi connectivity index (χ3n) is 6.35. The number of benzene rings is 2. The molecule has 2 aromatic carbocycles. The standard InChI is InChI=1S/C23H21ClFN3O2/c1-12(28-22(29)13-2-4-14(24)5-3-13)21-18-9-16(10-19(18)21)30-23-17-7-6-15(25)8-20(17)26-11-27-23/h2-8,11-12,16,18-19,21H,9-10H2,1H3,(H,28,29). The molecule has 2 fully saturated rings. The Morgan fingerprint density at radius 2 is 1.90 bits per heavy atom. The molecule has 30 heavy (non-hydrogen) atoms. The molecule has 0 bridgehead atoms. The summed E-state index contributed by atoms with van der Waals surface area (Å²) in [6.07, 6.45) is 3.36. The zero-order chi connectivity index (χ0) is 20.8. The fourth-order valence-corrected chi connectivity index (χ4v) is 5.05. The summed E-state index contributed by atoms with van der Waals surface area (Å²) in [5.74, 6) is 1.66. The molecule has 3 aromatic rings. The molecule has 5 nitrogen and oxygen atoms in total. The molecule has 0 spiro atoms. The Balaban J connectivity index is 1.18. The first-order chi connectivity index (χ1) is 14.5. The number of nitrogens with zero attached hydrogens (tertiary/aromatic N) is 2. The van der Waals surface area contributed by atoms with Crippen molar-refractivity contribution in [3.8, 4) is 5.88 Å². The Morgan fingerprint density at radius 1 is 1.17 bits per heavy atom. The number of hydrogen-bond acceptors (Lipinski definition) is 4. The van der Waals surface area contributed by atoms with Crippen molar-refractivity contribution < 1.29 is 13.9 Å². The van der Waals surface area contributed by atoms with Crippen molar-refractivity contribution in [2.45, 2.75) is 31.9 Å². The summed E-state index contributed by atoms with van der Waals surface area (Å²) in [7, 11) is 0. The molecular formula is C23H21ClFN3O2. The van der Waals surface area contributed by atoms with Crippen molar-refractivity contribution in [1.82, 2.24) is 15.3 Å². The smallest absolute Gasteiger partial charge is 0.251 e. The highest BCUT2D eigenvalue weighted by Crippen LogP contribution is 2.59. The van der Waals surface area contributed by atoms with E-state index < -0.39 is 0 Å². The summed E-state index contributed by atoms with van der Waals surface area (Å²) in [6.45, 7) is 2.07. The average Bonchev–Trinajstić information content (AvgIpc) is 3.24. The third kappa shape index (κ3) is 3.60. The van der Waals surface area contributed by atoms with Gasteiger partial charge < -0.3 is 10.1 Å². The van der Waals surface area contributed by atoms with Crippen LogP contribution in [0.2, 0.25) is 5.02 Å². The Kier molecular flexibility index (Phi) is 4.82. The molecule has 3 atom stereocenters. The fraction of sp³-hybridized carbons (Fsp3) is 0.348. The molecule has 0 saturated heterocycles. The minimum Gasteiger partial charge on any atom is -0.474 e. The van der Waals surface area contributed by atoms with Gasteiger partial charge in [0.15, 0.2) is 0 Å². The molecule has 7 heteroatoms. The van der Waals surface area contributed by atoms with Gasteiger partial charge in [-0.2, -0.15) is 0 Å². The Hall–Kier alpha value is -2.73. The molecule has 1 N–H and O–H groups in total. The van der Waals surface area contributed by atoms with E-state index in [0.29, 0.717) is 39.7 Å². The van der Waals surface area contributed by atoms with Crippen LogP contribution >= 0.6 is 11.6 Å². The highest BCUT2D eigenvalue weighted by atomic mass is 35.5. The van der Waals surface area contributed by atoms with E-state index in [2.05, 4.69) is 22.2 Å². The molecule has 154 valence electrons. The zero-order valence-electron chi connectivity index (χ0n) is 16.4. The first kappa shape index (κ1) is 19.2. The van der Waals surface area contributed by atoms with Gasteiger partial charge in [-0.1, -0.05) is 11.6 Å². The SMILES string of the molecule is CC(NC(=O)c1ccc(Cl)cc1)C1C2CC(Oc3ncnc4cc(F)ccc34)CC21. The van der Waals surface area contributed by atoms with E-state index in [1.807, 2.05) is 0 Å². The number of carbonyl (C=O) groups is 1. The van der Waals surface area contributed by atoms with E-state index in [4.69, 9.17) is 16.3 Å². The van der Waals surface area contributed by atoms with E-state index in [9.17, 15) is 9.18 Å². The normalized spacial score (nSPS) is 25.6. The molecule has 2 aliphatic rings. The van der Waals surface area contributed by atoms with E-state index in [-0.39, 0.29) is 23.9 Å². The van der Waals surface area contributed by atoms with Crippen molar-refractivity contribution in [1.29, 1.82) is 0 Å². The minimum absolute atomic E-state index is 0.0726. The van der Waals surface area contributed by atoms with Gasteiger partial charge >= 0.3 is 0 Å². The molecule has 5 rings (SSSR count). The lowest BCUT2D eigenvalue weighted by Gasteiger charge is -2.20. The number of carbonyl (C=O) groups excluding carboxylic acids is 1. The van der Waals surface area contributed by atoms with E-state index in [1.165, 1.54) is 18.5 Å². The van der Waals surface area contributed by atoms with Crippen LogP contribution in [0.1, 0.15) is 30.1 Å². The van der Waals surface area contributed by atoms with Gasteiger partial charge in [0.2, 0.25) is 5.88 Å². The monoisotopic (exact) mass is 425 g/mol. The number of rotatable bonds is 5. The van der Waals surface area contributed by atoms with E-state index in [1.54, 1.807) is 30.3 Å². The molecular weight excluding hydrogens is 405 g/mol. The van der Waals surface area contributed by atoms with Gasteiger partial charge in [-0.25, -0.2) is 14.4 Å². The van der Waals surface area contributed by atoms with Gasteiger partial charge in [0, 0.05) is 22.7 Å². The largest absolute Gasteiger partial charge is 0.474 e. The van der Waals surface area contributed by atoms with Crippen LogP contribution in [0.4, 0.5) is 4.39 Å². The average molecular weight is 426 g/mol. The lowest BCUT2D eigenvalue weighted by atomic mass is 10.0. The van der Waals surface area contributed by atoms with Crippen LogP contribution in [-0.4, -0.2) is 28.0 Å². The van der Waals surface area contributed by atoms with Gasteiger partial charge in [-0.3, -0.25) is 4.79 Å². The highest BCUT2D eigenvalue weighted by molar-refractivity contribution is 6.30. The molecule has 1 amide bonds. The second-order valence-corrected chi connectivity index (χ2v) is 8.66. The Morgan fingerprint density at radius 3 is 2.63 bits per heavy atom. The fourth-order valence-electron chi connectivity index (χ4n) is 4.92. The van der Waals surface area contributed by atoms with Crippen LogP contribution in [0.5, 0.6) is 5.88 Å². The topological polar surface area (TPSA) is 64.1 Å². The lowest BCUT2D eigenvalue weighted by molar-refractivity contribution is 0.0930. The number of nitrogens with one attached hydrogen (secondary N) is 1. The number of halogens is 2. The van der Waals surface area contributed by atoms with Gasteiger partial charge in [0.1, 0.15) is 18.2 Å². The Bertz CT molecular complexity index is 1100. The maximum absolute atomic E-state index is 13.4. The molecule has 0 aliphatic heterocycles. The third-order valence-corrected chi connectivity index (χ3v) is 6.60. The van der Waals surface area contributed by atoms with E-state index >= 15 is 0 Å². The van der Waals surface area contributed by atoms with Crippen LogP contribution in [0.15, 0.2) is 48.8 Å². The van der Waals surface area contributed by atoms with Crippen LogP contribution in [0, 0.1) is 23.6 Å². The van der Waals surface area contributed by atoms with Crippen molar-refractivity contribution in [3.05, 3.63) is 65.2 Å². The number of aromatic nitrogens is 2. The maximum Gasteiger partial charge on any atom is 0.251 e. The molecule has 1 heterocycles. The van der Waals surface area contributed by atoms with E-state index in [0.717, 1.165) is 18.2 Å². The van der Waals surface area contributed by atoms with Gasteiger partial charge in [0.25, 0.3) is 5.91 Å². The quantitative estimate of drug-likeness (QED) is 0.646. The van der Waals surface area contributed by atoms with Crippen LogP contribution < -0.4 is 10.1 Å². The second-order valence-electron chi connectivity index (χ2n) is 8.23. The molecule has 1 aromatic heterocycles. The summed E-state index contributed by atoms with van der Waals surface area (Å²) in [6, 6.07) is 11.5. The molecule has 2 aliphatic carbocycles. The Labute approximate surface area is 178 Å². The number of ether oxygens (including phenoxy) is 1. The maximum atomic E-state index is 13.4.